The number of likely N-dealkylation sites (N-methyl/N-ethyl adjacent to an activating group) is 2. The fourth-order valence-corrected chi connectivity index (χ4v) is 3.25. The molecule has 0 aliphatic carbocycles. The van der Waals surface area contributed by atoms with E-state index in [9.17, 15) is 31.1 Å². The summed E-state index contributed by atoms with van der Waals surface area (Å²) in [6.07, 6.45) is -10.0. The van der Waals surface area contributed by atoms with Gasteiger partial charge in [-0.15, -0.1) is 0 Å². The molecule has 2 aromatic carbocycles. The Kier molecular flexibility index (Phi) is 7.82. The Labute approximate surface area is 182 Å². The normalized spacial score (nSPS) is 13.2. The van der Waals surface area contributed by atoms with E-state index in [1.165, 1.54) is 19.1 Å². The summed E-state index contributed by atoms with van der Waals surface area (Å²) in [6.45, 7) is -0.0637. The number of nitrogens with zero attached hydrogens (tertiary/aromatic N) is 2. The van der Waals surface area contributed by atoms with Gasteiger partial charge in [-0.25, -0.2) is 0 Å². The Morgan fingerprint density at radius 3 is 1.97 bits per heavy atom. The van der Waals surface area contributed by atoms with Crippen LogP contribution in [0.1, 0.15) is 28.3 Å². The van der Waals surface area contributed by atoms with E-state index in [0.717, 1.165) is 0 Å². The molecule has 0 saturated carbocycles. The Morgan fingerprint density at radius 1 is 0.938 bits per heavy atom. The molecular formula is C22H24F6N2O2. The monoisotopic (exact) mass is 462 g/mol. The van der Waals surface area contributed by atoms with Gasteiger partial charge in [-0.1, -0.05) is 12.1 Å². The van der Waals surface area contributed by atoms with Gasteiger partial charge in [0, 0.05) is 13.6 Å². The van der Waals surface area contributed by atoms with Crippen LogP contribution in [0.25, 0.3) is 0 Å². The van der Waals surface area contributed by atoms with Gasteiger partial charge in [-0.2, -0.15) is 26.3 Å². The number of hydrogen-bond donors (Lipinski definition) is 0. The molecule has 0 spiro atoms. The highest BCUT2D eigenvalue weighted by molar-refractivity contribution is 5.83. The van der Waals surface area contributed by atoms with Crippen LogP contribution < -0.4 is 4.74 Å². The van der Waals surface area contributed by atoms with Crippen molar-refractivity contribution in [1.82, 2.24) is 9.80 Å². The van der Waals surface area contributed by atoms with E-state index in [0.29, 0.717) is 23.4 Å². The first-order valence-corrected chi connectivity index (χ1v) is 9.57. The quantitative estimate of drug-likeness (QED) is 0.541. The Bertz CT molecular complexity index is 908. The van der Waals surface area contributed by atoms with Crippen LogP contribution in [-0.4, -0.2) is 50.5 Å². The van der Waals surface area contributed by atoms with Crippen molar-refractivity contribution in [2.24, 2.45) is 0 Å². The molecular weight excluding hydrogens is 438 g/mol. The Balaban J connectivity index is 2.24. The van der Waals surface area contributed by atoms with Gasteiger partial charge < -0.3 is 9.64 Å². The second-order valence-electron chi connectivity index (χ2n) is 7.57. The van der Waals surface area contributed by atoms with E-state index < -0.39 is 29.5 Å². The summed E-state index contributed by atoms with van der Waals surface area (Å²) in [4.78, 5) is 16.0. The zero-order chi connectivity index (χ0) is 24.3. The number of halogens is 6. The van der Waals surface area contributed by atoms with Crippen LogP contribution >= 0.6 is 0 Å². The maximum Gasteiger partial charge on any atom is 0.416 e. The average molecular weight is 462 g/mol. The van der Waals surface area contributed by atoms with Gasteiger partial charge in [-0.05, 0) is 62.0 Å². The molecule has 10 heteroatoms. The van der Waals surface area contributed by atoms with Gasteiger partial charge >= 0.3 is 12.4 Å². The number of ether oxygens (including phenoxy) is 1. The summed E-state index contributed by atoms with van der Waals surface area (Å²) >= 11 is 0. The lowest BCUT2D eigenvalue weighted by Gasteiger charge is -2.29. The number of alkyl halides is 6. The smallest absolute Gasteiger partial charge is 0.416 e. The predicted octanol–water partition coefficient (Wildman–Crippen LogP) is 5.04. The lowest BCUT2D eigenvalue weighted by atomic mass is 10.0. The van der Waals surface area contributed by atoms with E-state index >= 15 is 0 Å². The second kappa shape index (κ2) is 9.81. The summed E-state index contributed by atoms with van der Waals surface area (Å²) < 4.78 is 83.5. The van der Waals surface area contributed by atoms with Crippen molar-refractivity contribution < 1.29 is 35.9 Å². The molecule has 2 aromatic rings. The maximum absolute atomic E-state index is 13.1. The van der Waals surface area contributed by atoms with Crippen LogP contribution in [0, 0.1) is 0 Å². The van der Waals surface area contributed by atoms with Crippen LogP contribution in [-0.2, 0) is 23.6 Å². The van der Waals surface area contributed by atoms with Crippen molar-refractivity contribution >= 4 is 5.91 Å². The molecule has 0 radical (unpaired) electrons. The molecule has 0 aliphatic heterocycles. The van der Waals surface area contributed by atoms with Crippen molar-refractivity contribution in [3.63, 3.8) is 0 Å². The molecule has 2 rings (SSSR count). The number of carbonyl (C=O) groups is 1. The molecule has 0 aromatic heterocycles. The number of methoxy groups -OCH3 is 1. The zero-order valence-corrected chi connectivity index (χ0v) is 18.0. The SMILES string of the molecule is COc1cccc(C(C(=O)N(C)CCc2cc(C(F)(F)F)cc(C(F)(F)F)c2)N(C)C)c1. The number of hydrogen-bond acceptors (Lipinski definition) is 3. The second-order valence-corrected chi connectivity index (χ2v) is 7.57. The topological polar surface area (TPSA) is 32.8 Å². The molecule has 0 saturated heterocycles. The first-order valence-electron chi connectivity index (χ1n) is 9.57. The van der Waals surface area contributed by atoms with Crippen molar-refractivity contribution in [1.29, 1.82) is 0 Å². The van der Waals surface area contributed by atoms with Crippen LogP contribution in [0.5, 0.6) is 5.75 Å². The van der Waals surface area contributed by atoms with Crippen LogP contribution in [0.2, 0.25) is 0 Å². The highest BCUT2D eigenvalue weighted by atomic mass is 19.4. The van der Waals surface area contributed by atoms with Gasteiger partial charge in [0.05, 0.1) is 18.2 Å². The summed E-state index contributed by atoms with van der Waals surface area (Å²) in [6, 6.07) is 7.61. The minimum atomic E-state index is -4.92. The third-order valence-corrected chi connectivity index (χ3v) is 4.92. The highest BCUT2D eigenvalue weighted by Crippen LogP contribution is 2.36. The van der Waals surface area contributed by atoms with Crippen molar-refractivity contribution in [3.05, 3.63) is 64.7 Å². The summed E-state index contributed by atoms with van der Waals surface area (Å²) in [7, 11) is 6.33. The first kappa shape index (κ1) is 25.5. The van der Waals surface area contributed by atoms with Crippen LogP contribution in [0.3, 0.4) is 0 Å². The molecule has 0 N–H and O–H groups in total. The summed E-state index contributed by atoms with van der Waals surface area (Å²) in [5.74, 6) is 0.194. The van der Waals surface area contributed by atoms with E-state index in [-0.39, 0.29) is 30.5 Å². The molecule has 0 fully saturated rings. The van der Waals surface area contributed by atoms with E-state index in [1.54, 1.807) is 43.3 Å². The van der Waals surface area contributed by atoms with E-state index in [2.05, 4.69) is 0 Å². The van der Waals surface area contributed by atoms with Gasteiger partial charge in [0.2, 0.25) is 5.91 Å². The summed E-state index contributed by atoms with van der Waals surface area (Å²) in [5.41, 5.74) is -2.27. The average Bonchev–Trinajstić information content (AvgIpc) is 2.70. The maximum atomic E-state index is 13.1. The van der Waals surface area contributed by atoms with Gasteiger partial charge in [0.15, 0.2) is 0 Å². The number of benzene rings is 2. The number of rotatable bonds is 7. The zero-order valence-electron chi connectivity index (χ0n) is 18.0. The molecule has 32 heavy (non-hydrogen) atoms. The molecule has 1 atom stereocenters. The lowest BCUT2D eigenvalue weighted by Crippen LogP contribution is -2.39. The van der Waals surface area contributed by atoms with E-state index in [4.69, 9.17) is 4.74 Å². The third kappa shape index (κ3) is 6.38. The largest absolute Gasteiger partial charge is 0.497 e. The van der Waals surface area contributed by atoms with Gasteiger partial charge in [0.1, 0.15) is 11.8 Å². The van der Waals surface area contributed by atoms with Crippen molar-refractivity contribution in [2.45, 2.75) is 24.8 Å². The highest BCUT2D eigenvalue weighted by Gasteiger charge is 2.37. The van der Waals surface area contributed by atoms with Gasteiger partial charge in [0.25, 0.3) is 0 Å². The van der Waals surface area contributed by atoms with Crippen LogP contribution in [0.4, 0.5) is 26.3 Å². The molecule has 1 unspecified atom stereocenters. The standard InChI is InChI=1S/C22H24F6N2O2/c1-29(2)19(15-6-5-7-18(12-15)32-4)20(31)30(3)9-8-14-10-16(21(23,24)25)13-17(11-14)22(26,27)28/h5-7,10-13,19H,8-9H2,1-4H3. The van der Waals surface area contributed by atoms with Crippen molar-refractivity contribution in [3.8, 4) is 5.75 Å². The minimum Gasteiger partial charge on any atom is -0.497 e. The lowest BCUT2D eigenvalue weighted by molar-refractivity contribution is -0.143. The molecule has 0 aliphatic rings. The van der Waals surface area contributed by atoms with Crippen LogP contribution in [0.15, 0.2) is 42.5 Å². The third-order valence-electron chi connectivity index (χ3n) is 4.92. The Hall–Kier alpha value is -2.75. The molecule has 0 heterocycles. The number of amides is 1. The molecule has 4 nitrogen and oxygen atoms in total. The minimum absolute atomic E-state index is 0.0637. The molecule has 1 amide bonds. The fraction of sp³-hybridized carbons (Fsp3) is 0.409. The van der Waals surface area contributed by atoms with Gasteiger partial charge in [-0.3, -0.25) is 9.69 Å². The molecule has 176 valence electrons. The molecule has 0 bridgehead atoms. The summed E-state index contributed by atoms with van der Waals surface area (Å²) in [5, 5.41) is 0. The number of carbonyl (C=O) groups excluding carboxylic acids is 1. The fourth-order valence-electron chi connectivity index (χ4n) is 3.25. The first-order chi connectivity index (χ1) is 14.7. The predicted molar refractivity (Wildman–Crippen MR) is 107 cm³/mol. The van der Waals surface area contributed by atoms with Crippen molar-refractivity contribution in [2.75, 3.05) is 34.8 Å². The Morgan fingerprint density at radius 2 is 1.50 bits per heavy atom. The van der Waals surface area contributed by atoms with E-state index in [1.807, 2.05) is 0 Å².